The number of aliphatic hydroxyl groups is 1. The molecule has 0 radical (unpaired) electrons. The molecule has 0 saturated heterocycles. The van der Waals surface area contributed by atoms with E-state index in [1.807, 2.05) is 56.0 Å². The van der Waals surface area contributed by atoms with Crippen molar-refractivity contribution in [3.63, 3.8) is 0 Å². The van der Waals surface area contributed by atoms with Crippen LogP contribution in [0.3, 0.4) is 0 Å². The summed E-state index contributed by atoms with van der Waals surface area (Å²) in [6.07, 6.45) is 3.30. The first-order valence-corrected chi connectivity index (χ1v) is 12.1. The molecule has 31 heavy (non-hydrogen) atoms. The summed E-state index contributed by atoms with van der Waals surface area (Å²) in [7, 11) is 0. The lowest BCUT2D eigenvalue weighted by Crippen LogP contribution is -2.58. The lowest BCUT2D eigenvalue weighted by atomic mass is 9.51. The van der Waals surface area contributed by atoms with Crippen LogP contribution in [0.4, 0.5) is 0 Å². The predicted molar refractivity (Wildman–Crippen MR) is 124 cm³/mol. The second-order valence-corrected chi connectivity index (χ2v) is 10.0. The number of aliphatic hydroxyl groups excluding tert-OH is 1. The molecule has 0 spiro atoms. The summed E-state index contributed by atoms with van der Waals surface area (Å²) >= 11 is 0. The number of hydrogen-bond acceptors (Lipinski definition) is 3. The first-order valence-electron chi connectivity index (χ1n) is 12.1. The Morgan fingerprint density at radius 1 is 1.16 bits per heavy atom. The van der Waals surface area contributed by atoms with Gasteiger partial charge in [0.2, 0.25) is 5.91 Å². The van der Waals surface area contributed by atoms with E-state index >= 15 is 0 Å². The van der Waals surface area contributed by atoms with Crippen molar-refractivity contribution in [2.75, 3.05) is 13.1 Å². The fourth-order valence-corrected chi connectivity index (χ4v) is 6.35. The summed E-state index contributed by atoms with van der Waals surface area (Å²) in [5.41, 5.74) is 0.727. The van der Waals surface area contributed by atoms with Gasteiger partial charge in [0.25, 0.3) is 5.91 Å². The highest BCUT2D eigenvalue weighted by Gasteiger charge is 2.54. The molecule has 5 heteroatoms. The fourth-order valence-electron chi connectivity index (χ4n) is 6.35. The lowest BCUT2D eigenvalue weighted by Gasteiger charge is -2.56. The number of amides is 2. The maximum atomic E-state index is 13.0. The second-order valence-electron chi connectivity index (χ2n) is 10.0. The Bertz CT molecular complexity index is 763. The molecule has 2 saturated carbocycles. The van der Waals surface area contributed by atoms with Crippen LogP contribution in [0.2, 0.25) is 0 Å². The van der Waals surface area contributed by atoms with Gasteiger partial charge in [-0.1, -0.05) is 39.0 Å². The highest BCUT2D eigenvalue weighted by atomic mass is 16.3. The number of nitrogens with zero attached hydrogens (tertiary/aromatic N) is 1. The van der Waals surface area contributed by atoms with Crippen LogP contribution >= 0.6 is 0 Å². The van der Waals surface area contributed by atoms with Crippen molar-refractivity contribution in [2.45, 2.75) is 72.4 Å². The van der Waals surface area contributed by atoms with Crippen molar-refractivity contribution in [2.24, 2.45) is 29.1 Å². The topological polar surface area (TPSA) is 69.6 Å². The van der Waals surface area contributed by atoms with Crippen LogP contribution in [0.25, 0.3) is 0 Å². The predicted octanol–water partition coefficient (Wildman–Crippen LogP) is 4.11. The number of rotatable bonds is 6. The summed E-state index contributed by atoms with van der Waals surface area (Å²) in [5, 5.41) is 14.8. The van der Waals surface area contributed by atoms with Gasteiger partial charge in [0.15, 0.2) is 0 Å². The quantitative estimate of drug-likeness (QED) is 0.716. The summed E-state index contributed by atoms with van der Waals surface area (Å²) < 4.78 is 0. The molecule has 0 unspecified atom stereocenters. The van der Waals surface area contributed by atoms with E-state index in [1.54, 1.807) is 0 Å². The van der Waals surface area contributed by atoms with Gasteiger partial charge >= 0.3 is 0 Å². The minimum atomic E-state index is -0.528. The van der Waals surface area contributed by atoms with Gasteiger partial charge in [-0.3, -0.25) is 9.59 Å². The highest BCUT2D eigenvalue weighted by Crippen LogP contribution is 2.55. The summed E-state index contributed by atoms with van der Waals surface area (Å²) in [6, 6.07) is 9.36. The van der Waals surface area contributed by atoms with E-state index in [-0.39, 0.29) is 46.9 Å². The number of fused-ring (bicyclic) bond motifs is 1. The van der Waals surface area contributed by atoms with E-state index in [0.29, 0.717) is 18.7 Å². The molecule has 1 aromatic rings. The molecule has 0 heterocycles. The van der Waals surface area contributed by atoms with E-state index in [2.05, 4.69) is 19.2 Å². The third-order valence-corrected chi connectivity index (χ3v) is 8.35. The first-order chi connectivity index (χ1) is 14.7. The Morgan fingerprint density at radius 2 is 1.77 bits per heavy atom. The van der Waals surface area contributed by atoms with Crippen molar-refractivity contribution >= 4 is 11.8 Å². The average Bonchev–Trinajstić information content (AvgIpc) is 2.76. The van der Waals surface area contributed by atoms with Gasteiger partial charge in [0, 0.05) is 30.6 Å². The standard InChI is InChI=1S/C26H40N2O3/c1-6-28(7-2)25(31)17(3)20-13-15-26(5)16-14-21(18(4)22(26)23(20)29)27-24(30)19-11-9-8-10-12-19/h8-12,17-18,20-23,29H,6-7,13-16H2,1-5H3,(H,27,30)/t17-,18+,20-,21-,22+,23-,26-/m0/s1. The van der Waals surface area contributed by atoms with Crippen LogP contribution in [-0.2, 0) is 4.79 Å². The summed E-state index contributed by atoms with van der Waals surface area (Å²) in [4.78, 5) is 27.6. The maximum Gasteiger partial charge on any atom is 0.251 e. The van der Waals surface area contributed by atoms with Crippen molar-refractivity contribution in [3.8, 4) is 0 Å². The SMILES string of the molecule is CCN(CC)C(=O)[C@@H](C)[C@@H]1CC[C@@]2(C)CC[C@H](NC(=O)c3ccccc3)[C@@H](C)[C@@H]2[C@H]1O. The van der Waals surface area contributed by atoms with Crippen LogP contribution in [0.1, 0.15) is 70.7 Å². The molecule has 2 amide bonds. The van der Waals surface area contributed by atoms with Gasteiger partial charge in [-0.25, -0.2) is 0 Å². The number of benzene rings is 1. The van der Waals surface area contributed by atoms with Gasteiger partial charge < -0.3 is 15.3 Å². The highest BCUT2D eigenvalue weighted by molar-refractivity contribution is 5.94. The lowest BCUT2D eigenvalue weighted by molar-refractivity contribution is -0.149. The summed E-state index contributed by atoms with van der Waals surface area (Å²) in [6.45, 7) is 11.9. The van der Waals surface area contributed by atoms with Crippen molar-refractivity contribution in [3.05, 3.63) is 35.9 Å². The monoisotopic (exact) mass is 428 g/mol. The van der Waals surface area contributed by atoms with Crippen LogP contribution in [0, 0.1) is 29.1 Å². The minimum Gasteiger partial charge on any atom is -0.392 e. The molecule has 3 rings (SSSR count). The molecule has 0 bridgehead atoms. The molecular weight excluding hydrogens is 388 g/mol. The first kappa shape index (κ1) is 23.8. The summed E-state index contributed by atoms with van der Waals surface area (Å²) in [5.74, 6) is 0.110. The van der Waals surface area contributed by atoms with Crippen LogP contribution < -0.4 is 5.32 Å². The molecule has 0 aliphatic heterocycles. The van der Waals surface area contributed by atoms with E-state index in [9.17, 15) is 14.7 Å². The zero-order valence-corrected chi connectivity index (χ0v) is 19.8. The van der Waals surface area contributed by atoms with Crippen molar-refractivity contribution in [1.29, 1.82) is 0 Å². The maximum absolute atomic E-state index is 13.0. The van der Waals surface area contributed by atoms with Crippen LogP contribution in [0.5, 0.6) is 0 Å². The number of nitrogens with one attached hydrogen (secondary N) is 1. The second kappa shape index (κ2) is 9.72. The molecule has 2 fully saturated rings. The number of hydrogen-bond donors (Lipinski definition) is 2. The molecule has 1 aromatic carbocycles. The van der Waals surface area contributed by atoms with E-state index in [4.69, 9.17) is 0 Å². The largest absolute Gasteiger partial charge is 0.392 e. The number of carbonyl (C=O) groups is 2. The van der Waals surface area contributed by atoms with Crippen LogP contribution in [0.15, 0.2) is 30.3 Å². The molecule has 7 atom stereocenters. The zero-order valence-electron chi connectivity index (χ0n) is 19.8. The zero-order chi connectivity index (χ0) is 22.8. The minimum absolute atomic E-state index is 0.0304. The van der Waals surface area contributed by atoms with E-state index in [1.165, 1.54) is 0 Å². The third kappa shape index (κ3) is 4.67. The van der Waals surface area contributed by atoms with Gasteiger partial charge in [-0.15, -0.1) is 0 Å². The van der Waals surface area contributed by atoms with Gasteiger partial charge in [-0.2, -0.15) is 0 Å². The third-order valence-electron chi connectivity index (χ3n) is 8.35. The molecule has 2 N–H and O–H groups in total. The van der Waals surface area contributed by atoms with Gasteiger partial charge in [-0.05, 0) is 74.8 Å². The number of carbonyl (C=O) groups excluding carboxylic acids is 2. The Labute approximate surface area is 187 Å². The normalized spacial score (nSPS) is 33.8. The Hall–Kier alpha value is -1.88. The Morgan fingerprint density at radius 3 is 2.39 bits per heavy atom. The molecule has 172 valence electrons. The van der Waals surface area contributed by atoms with E-state index < -0.39 is 6.10 Å². The Balaban J connectivity index is 1.75. The Kier molecular flexibility index (Phi) is 7.46. The van der Waals surface area contributed by atoms with Crippen LogP contribution in [-0.4, -0.2) is 47.1 Å². The molecule has 5 nitrogen and oxygen atoms in total. The van der Waals surface area contributed by atoms with E-state index in [0.717, 1.165) is 25.7 Å². The van der Waals surface area contributed by atoms with Crippen molar-refractivity contribution in [1.82, 2.24) is 10.2 Å². The van der Waals surface area contributed by atoms with Gasteiger partial charge in [0.05, 0.1) is 6.10 Å². The molecular formula is C26H40N2O3. The van der Waals surface area contributed by atoms with Crippen molar-refractivity contribution < 1.29 is 14.7 Å². The molecule has 2 aliphatic carbocycles. The fraction of sp³-hybridized carbons (Fsp3) is 0.692. The average molecular weight is 429 g/mol. The molecule has 0 aromatic heterocycles. The molecule has 2 aliphatic rings. The van der Waals surface area contributed by atoms with Gasteiger partial charge in [0.1, 0.15) is 0 Å². The smallest absolute Gasteiger partial charge is 0.251 e.